The van der Waals surface area contributed by atoms with Gasteiger partial charge in [0.15, 0.2) is 0 Å². The maximum Gasteiger partial charge on any atom is 0.308 e. The molecule has 1 N–H and O–H groups in total. The van der Waals surface area contributed by atoms with Gasteiger partial charge in [-0.2, -0.15) is 0 Å². The van der Waals surface area contributed by atoms with Gasteiger partial charge in [-0.1, -0.05) is 0 Å². The second-order valence-corrected chi connectivity index (χ2v) is 3.63. The van der Waals surface area contributed by atoms with Gasteiger partial charge in [-0.15, -0.1) is 0 Å². The Morgan fingerprint density at radius 2 is 2.08 bits per heavy atom. The number of rotatable bonds is 3. The van der Waals surface area contributed by atoms with Crippen LogP contribution >= 0.6 is 11.8 Å². The first-order valence-electron chi connectivity index (χ1n) is 4.80. The molecular formula is C9H16ClNO2. The standard InChI is InChI=1S/C9H16ClNO2/c1-2-13-9(12)7-3-5-8(11-10)6-4-7/h7-8,11H,2-6H2,1H3. The number of carbonyl (C=O) groups is 1. The molecule has 0 saturated heterocycles. The summed E-state index contributed by atoms with van der Waals surface area (Å²) in [6, 6.07) is 0.368. The van der Waals surface area contributed by atoms with Crippen molar-refractivity contribution in [3.8, 4) is 0 Å². The van der Waals surface area contributed by atoms with Crippen LogP contribution in [0.25, 0.3) is 0 Å². The zero-order chi connectivity index (χ0) is 9.68. The molecule has 1 saturated carbocycles. The third-order valence-corrected chi connectivity index (χ3v) is 2.81. The normalized spacial score (nSPS) is 28.5. The van der Waals surface area contributed by atoms with E-state index in [4.69, 9.17) is 16.5 Å². The molecule has 0 heterocycles. The van der Waals surface area contributed by atoms with Gasteiger partial charge in [-0.3, -0.25) is 4.79 Å². The molecule has 3 nitrogen and oxygen atoms in total. The Kier molecular flexibility index (Phi) is 4.53. The molecule has 0 bridgehead atoms. The van der Waals surface area contributed by atoms with Gasteiger partial charge in [0.25, 0.3) is 0 Å². The molecule has 1 aliphatic carbocycles. The summed E-state index contributed by atoms with van der Waals surface area (Å²) >= 11 is 5.50. The molecule has 0 spiro atoms. The van der Waals surface area contributed by atoms with Crippen molar-refractivity contribution in [2.24, 2.45) is 5.92 Å². The first-order chi connectivity index (χ1) is 6.27. The van der Waals surface area contributed by atoms with Crippen LogP contribution in [0.4, 0.5) is 0 Å². The number of esters is 1. The summed E-state index contributed by atoms with van der Waals surface area (Å²) < 4.78 is 4.96. The Balaban J connectivity index is 2.28. The fourth-order valence-electron chi connectivity index (χ4n) is 1.70. The van der Waals surface area contributed by atoms with Crippen LogP contribution in [0.15, 0.2) is 0 Å². The van der Waals surface area contributed by atoms with Crippen molar-refractivity contribution in [3.05, 3.63) is 0 Å². The highest BCUT2D eigenvalue weighted by atomic mass is 35.5. The number of carbonyl (C=O) groups excluding carboxylic acids is 1. The van der Waals surface area contributed by atoms with Gasteiger partial charge >= 0.3 is 5.97 Å². The fraction of sp³-hybridized carbons (Fsp3) is 0.889. The molecule has 0 radical (unpaired) electrons. The van der Waals surface area contributed by atoms with E-state index in [0.717, 1.165) is 25.7 Å². The molecule has 1 aliphatic rings. The van der Waals surface area contributed by atoms with E-state index in [2.05, 4.69) is 4.84 Å². The lowest BCUT2D eigenvalue weighted by Crippen LogP contribution is -2.30. The predicted octanol–water partition coefficient (Wildman–Crippen LogP) is 1.85. The van der Waals surface area contributed by atoms with Gasteiger partial charge in [0.05, 0.1) is 12.5 Å². The summed E-state index contributed by atoms with van der Waals surface area (Å²) in [4.78, 5) is 14.0. The van der Waals surface area contributed by atoms with E-state index in [1.165, 1.54) is 0 Å². The van der Waals surface area contributed by atoms with Crippen molar-refractivity contribution in [2.75, 3.05) is 6.61 Å². The summed E-state index contributed by atoms with van der Waals surface area (Å²) in [7, 11) is 0. The molecule has 76 valence electrons. The maximum absolute atomic E-state index is 11.3. The zero-order valence-electron chi connectivity index (χ0n) is 7.88. The van der Waals surface area contributed by atoms with Crippen LogP contribution < -0.4 is 4.84 Å². The maximum atomic E-state index is 11.3. The van der Waals surface area contributed by atoms with E-state index in [1.807, 2.05) is 6.92 Å². The van der Waals surface area contributed by atoms with Crippen LogP contribution in [0.1, 0.15) is 32.6 Å². The third-order valence-electron chi connectivity index (χ3n) is 2.50. The molecule has 1 rings (SSSR count). The minimum Gasteiger partial charge on any atom is -0.466 e. The van der Waals surface area contributed by atoms with Gasteiger partial charge in [0, 0.05) is 6.04 Å². The minimum absolute atomic E-state index is 0.0458. The molecule has 13 heavy (non-hydrogen) atoms. The lowest BCUT2D eigenvalue weighted by Gasteiger charge is -2.25. The first-order valence-corrected chi connectivity index (χ1v) is 5.18. The lowest BCUT2D eigenvalue weighted by atomic mass is 9.86. The number of nitrogens with one attached hydrogen (secondary N) is 1. The minimum atomic E-state index is -0.0458. The smallest absolute Gasteiger partial charge is 0.308 e. The van der Waals surface area contributed by atoms with Crippen molar-refractivity contribution < 1.29 is 9.53 Å². The highest BCUT2D eigenvalue weighted by Gasteiger charge is 2.26. The van der Waals surface area contributed by atoms with Gasteiger partial charge in [0.1, 0.15) is 0 Å². The Morgan fingerprint density at radius 3 is 2.54 bits per heavy atom. The molecule has 4 heteroatoms. The van der Waals surface area contributed by atoms with Crippen LogP contribution in [0, 0.1) is 5.92 Å². The van der Waals surface area contributed by atoms with E-state index in [0.29, 0.717) is 12.6 Å². The molecule has 0 aliphatic heterocycles. The van der Waals surface area contributed by atoms with Gasteiger partial charge in [0.2, 0.25) is 0 Å². The summed E-state index contributed by atoms with van der Waals surface area (Å²) in [6.07, 6.45) is 3.71. The van der Waals surface area contributed by atoms with Gasteiger partial charge in [-0.25, -0.2) is 4.84 Å². The Labute approximate surface area is 83.9 Å². The van der Waals surface area contributed by atoms with E-state index in [9.17, 15) is 4.79 Å². The summed E-state index contributed by atoms with van der Waals surface area (Å²) in [5.41, 5.74) is 0. The van der Waals surface area contributed by atoms with E-state index in [-0.39, 0.29) is 11.9 Å². The highest BCUT2D eigenvalue weighted by Crippen LogP contribution is 2.25. The van der Waals surface area contributed by atoms with Crippen molar-refractivity contribution in [2.45, 2.75) is 38.6 Å². The molecule has 0 aromatic rings. The fourth-order valence-corrected chi connectivity index (χ4v) is 1.92. The summed E-state index contributed by atoms with van der Waals surface area (Å²) in [5.74, 6) is 0.0525. The molecule has 0 aromatic carbocycles. The Bertz CT molecular complexity index is 167. The molecule has 1 fully saturated rings. The van der Waals surface area contributed by atoms with Crippen molar-refractivity contribution in [1.82, 2.24) is 4.84 Å². The molecular weight excluding hydrogens is 190 g/mol. The van der Waals surface area contributed by atoms with Gasteiger partial charge < -0.3 is 4.74 Å². The lowest BCUT2D eigenvalue weighted by molar-refractivity contribution is -0.149. The number of hydrogen-bond donors (Lipinski definition) is 1. The topological polar surface area (TPSA) is 38.3 Å². The SMILES string of the molecule is CCOC(=O)C1CCC(NCl)CC1. The number of ether oxygens (including phenoxy) is 1. The largest absolute Gasteiger partial charge is 0.466 e. The number of hydrogen-bond acceptors (Lipinski definition) is 3. The second-order valence-electron chi connectivity index (χ2n) is 3.41. The Hall–Kier alpha value is -0.280. The molecule has 0 amide bonds. The first kappa shape index (κ1) is 10.8. The van der Waals surface area contributed by atoms with E-state index >= 15 is 0 Å². The van der Waals surface area contributed by atoms with Crippen molar-refractivity contribution in [3.63, 3.8) is 0 Å². The molecule has 0 unspecified atom stereocenters. The molecule has 0 atom stereocenters. The summed E-state index contributed by atoms with van der Waals surface area (Å²) in [6.45, 7) is 2.32. The second kappa shape index (κ2) is 5.45. The molecule has 0 aromatic heterocycles. The average Bonchev–Trinajstić information content (AvgIpc) is 2.18. The predicted molar refractivity (Wildman–Crippen MR) is 51.4 cm³/mol. The Morgan fingerprint density at radius 1 is 1.46 bits per heavy atom. The van der Waals surface area contributed by atoms with Crippen LogP contribution in [0.2, 0.25) is 0 Å². The summed E-state index contributed by atoms with van der Waals surface area (Å²) in [5, 5.41) is 0. The van der Waals surface area contributed by atoms with Crippen LogP contribution in [-0.4, -0.2) is 18.6 Å². The van der Waals surface area contributed by atoms with Crippen molar-refractivity contribution >= 4 is 17.7 Å². The highest BCUT2D eigenvalue weighted by molar-refractivity contribution is 6.13. The van der Waals surface area contributed by atoms with E-state index < -0.39 is 0 Å². The number of halogens is 1. The van der Waals surface area contributed by atoms with Crippen LogP contribution in [0.3, 0.4) is 0 Å². The van der Waals surface area contributed by atoms with E-state index in [1.54, 1.807) is 0 Å². The monoisotopic (exact) mass is 205 g/mol. The van der Waals surface area contributed by atoms with Crippen LogP contribution in [-0.2, 0) is 9.53 Å². The third kappa shape index (κ3) is 3.16. The zero-order valence-corrected chi connectivity index (χ0v) is 8.64. The van der Waals surface area contributed by atoms with Gasteiger partial charge in [-0.05, 0) is 44.4 Å². The quantitative estimate of drug-likeness (QED) is 0.565. The average molecular weight is 206 g/mol. The van der Waals surface area contributed by atoms with Crippen molar-refractivity contribution in [1.29, 1.82) is 0 Å². The van der Waals surface area contributed by atoms with Crippen LogP contribution in [0.5, 0.6) is 0 Å².